The van der Waals surface area contributed by atoms with Gasteiger partial charge in [-0.05, 0) is 87.4 Å². The Balaban J connectivity index is 1.29. The third-order valence-corrected chi connectivity index (χ3v) is 12.7. The van der Waals surface area contributed by atoms with Gasteiger partial charge in [0, 0.05) is 24.4 Å². The summed E-state index contributed by atoms with van der Waals surface area (Å²) in [6.45, 7) is 7.58. The minimum atomic E-state index is -1.79. The number of carbonyl (C=O) groups is 10. The highest BCUT2D eigenvalue weighted by Gasteiger charge is 2.34. The van der Waals surface area contributed by atoms with Gasteiger partial charge in [-0.15, -0.1) is 0 Å². The van der Waals surface area contributed by atoms with Crippen molar-refractivity contribution in [2.45, 2.75) is 134 Å². The Kier molecular flexibility index (Phi) is 23.6. The predicted octanol–water partition coefficient (Wildman–Crippen LogP) is 2.63. The summed E-state index contributed by atoms with van der Waals surface area (Å²) in [5.41, 5.74) is 7.46. The molecule has 1 aromatic heterocycles. The minimum Gasteiger partial charge on any atom is -0.508 e. The van der Waals surface area contributed by atoms with Crippen molar-refractivity contribution in [2.24, 2.45) is 0 Å². The molecule has 5 aromatic rings. The number of hydrogen-bond acceptors (Lipinski definition) is 14. The molecule has 438 valence electrons. The van der Waals surface area contributed by atoms with E-state index in [-0.39, 0.29) is 37.9 Å². The van der Waals surface area contributed by atoms with Crippen molar-refractivity contribution < 1.29 is 73.1 Å². The summed E-state index contributed by atoms with van der Waals surface area (Å²) in [6, 6.07) is 19.8. The highest BCUT2D eigenvalue weighted by atomic mass is 16.6. The number of carboxylic acids is 3. The van der Waals surface area contributed by atoms with Crippen molar-refractivity contribution in [3.63, 3.8) is 0 Å². The van der Waals surface area contributed by atoms with Crippen molar-refractivity contribution in [3.8, 4) is 5.75 Å². The van der Waals surface area contributed by atoms with Gasteiger partial charge in [-0.3, -0.25) is 38.1 Å². The molecule has 0 bridgehead atoms. The number of amides is 6. The van der Waals surface area contributed by atoms with Crippen molar-refractivity contribution >= 4 is 70.3 Å². The highest BCUT2D eigenvalue weighted by molar-refractivity contribution is 5.97. The van der Waals surface area contributed by atoms with Crippen LogP contribution in [0, 0.1) is 0 Å². The number of nitrogens with one attached hydrogen (secondary N) is 8. The molecule has 0 radical (unpaired) electrons. The Morgan fingerprint density at radius 1 is 0.549 bits per heavy atom. The van der Waals surface area contributed by atoms with Gasteiger partial charge in [0.15, 0.2) is 0 Å². The number of fused-ring (bicyclic) bond motifs is 1. The van der Waals surface area contributed by atoms with Crippen LogP contribution in [0.1, 0.15) is 82.6 Å². The molecule has 0 saturated carbocycles. The highest BCUT2D eigenvalue weighted by Crippen LogP contribution is 2.25. The molecule has 0 fully saturated rings. The number of nitrogens with zero attached hydrogens (tertiary/aromatic N) is 1. The fraction of sp³-hybridized carbons (Fsp3) is 0.379. The van der Waals surface area contributed by atoms with E-state index in [4.69, 9.17) is 4.74 Å². The zero-order valence-electron chi connectivity index (χ0n) is 46.1. The van der Waals surface area contributed by atoms with Crippen molar-refractivity contribution in [1.29, 1.82) is 0 Å². The van der Waals surface area contributed by atoms with Gasteiger partial charge in [0.1, 0.15) is 53.6 Å². The van der Waals surface area contributed by atoms with Crippen LogP contribution in [0.4, 0.5) is 4.79 Å². The zero-order valence-corrected chi connectivity index (χ0v) is 46.1. The number of hydrazine groups is 1. The molecule has 6 amide bonds. The van der Waals surface area contributed by atoms with Crippen molar-refractivity contribution in [1.82, 2.24) is 47.3 Å². The van der Waals surface area contributed by atoms with Crippen LogP contribution in [0.2, 0.25) is 0 Å². The van der Waals surface area contributed by atoms with E-state index < -0.39 is 120 Å². The molecule has 0 aliphatic rings. The van der Waals surface area contributed by atoms with E-state index in [1.165, 1.54) is 42.0 Å². The summed E-state index contributed by atoms with van der Waals surface area (Å²) < 4.78 is 6.80. The number of aromatic hydroxyl groups is 1. The number of phenolic OH excluding ortho intramolecular Hbond substituents is 1. The molecule has 24 nitrogen and oxygen atoms in total. The first-order valence-electron chi connectivity index (χ1n) is 26.6. The number of aromatic nitrogens is 1. The number of carboxylic acid groups (broad SMARTS) is 3. The normalized spacial score (nSPS) is 13.8. The molecule has 0 aliphatic heterocycles. The molecule has 5 rings (SSSR count). The van der Waals surface area contributed by atoms with Crippen LogP contribution in [0.15, 0.2) is 115 Å². The summed E-state index contributed by atoms with van der Waals surface area (Å²) >= 11 is 0. The number of unbranched alkanes of at least 4 members (excludes halogenated alkanes) is 1. The first-order chi connectivity index (χ1) is 38.9. The van der Waals surface area contributed by atoms with Crippen LogP contribution in [0.3, 0.4) is 0 Å². The Hall–Kier alpha value is -9.16. The maximum atomic E-state index is 14.4. The van der Waals surface area contributed by atoms with Gasteiger partial charge < -0.3 is 57.1 Å². The largest absolute Gasteiger partial charge is 0.508 e. The fourth-order valence-electron chi connectivity index (χ4n) is 8.51. The third kappa shape index (κ3) is 20.2. The first-order valence-corrected chi connectivity index (χ1v) is 26.6. The first kappa shape index (κ1) is 63.7. The summed E-state index contributed by atoms with van der Waals surface area (Å²) in [5.74, 6) is -9.58. The molecular formula is C58H71N9O15. The number of para-hydroxylation sites is 1. The molecule has 0 spiro atoms. The van der Waals surface area contributed by atoms with Crippen LogP contribution < -0.4 is 42.8 Å². The lowest BCUT2D eigenvalue weighted by Crippen LogP contribution is -2.61. The van der Waals surface area contributed by atoms with E-state index in [0.717, 1.165) is 0 Å². The van der Waals surface area contributed by atoms with E-state index in [9.17, 15) is 68.4 Å². The third-order valence-electron chi connectivity index (χ3n) is 12.7. The molecule has 0 saturated heterocycles. The van der Waals surface area contributed by atoms with Gasteiger partial charge in [-0.1, -0.05) is 111 Å². The summed E-state index contributed by atoms with van der Waals surface area (Å²) in [5, 5.41) is 55.0. The molecular weight excluding hydrogens is 1060 g/mol. The van der Waals surface area contributed by atoms with Crippen LogP contribution in [-0.4, -0.2) is 139 Å². The number of hydrogen-bond donors (Lipinski definition) is 12. The Morgan fingerprint density at radius 2 is 1.02 bits per heavy atom. The van der Waals surface area contributed by atoms with Crippen molar-refractivity contribution in [2.75, 3.05) is 6.54 Å². The SMILES string of the molecule is CCCCC(NC(=O)C(CC(=O)O)NC(=O)C(Cc1ccccc1)NNC(Cc1ccccc1)C(=O)NCC(=O)NC(C)C(=O)NC(Cc1ccc(O)cc1)C(=O)O)C(=O)NC(Cc1cn(C(=O)OC(C)(C)C)c2ccccc12)C(=O)O. The van der Waals surface area contributed by atoms with E-state index in [1.54, 1.807) is 106 Å². The number of carbonyl (C=O) groups excluding carboxylic acids is 7. The average molecular weight is 1130 g/mol. The number of ether oxygens (including phenoxy) is 1. The quantitative estimate of drug-likeness (QED) is 0.0294. The van der Waals surface area contributed by atoms with Gasteiger partial charge >= 0.3 is 24.0 Å². The maximum Gasteiger partial charge on any atom is 0.419 e. The van der Waals surface area contributed by atoms with Gasteiger partial charge in [0.05, 0.1) is 18.5 Å². The Bertz CT molecular complexity index is 3040. The molecule has 82 heavy (non-hydrogen) atoms. The standard InChI is InChI=1S/C58H71N9O15/c1-6-7-21-41(52(74)64-46(56(79)80)30-38-33-67(57(81)82-58(3,4)5)47-22-15-14-20-40(38)47)61-53(75)42(31-49(70)71)62-54(76)44(28-36-18-12-9-13-19-36)66-65-43(27-35-16-10-8-11-17-35)51(73)59-32-48(69)60-34(2)50(72)63-45(55(77)78)29-37-23-25-39(68)26-24-37/h8-20,22-26,33-34,41-46,65-66,68H,6-7,21,27-32H2,1-5H3,(H,59,73)(H,60,69)(H,61,75)(H,62,76)(H,63,72)(H,64,74)(H,70,71)(H,77,78)(H,79,80). The number of aliphatic carboxylic acids is 3. The monoisotopic (exact) mass is 1130 g/mol. The molecule has 24 heteroatoms. The molecule has 0 aliphatic carbocycles. The van der Waals surface area contributed by atoms with Gasteiger partial charge in [0.25, 0.3) is 0 Å². The lowest BCUT2D eigenvalue weighted by molar-refractivity contribution is -0.143. The summed E-state index contributed by atoms with van der Waals surface area (Å²) in [4.78, 5) is 133. The van der Waals surface area contributed by atoms with Crippen molar-refractivity contribution in [3.05, 3.63) is 138 Å². The van der Waals surface area contributed by atoms with E-state index in [2.05, 4.69) is 42.8 Å². The Labute approximate surface area is 473 Å². The topological polar surface area (TPSA) is 362 Å². The van der Waals surface area contributed by atoms with Crippen LogP contribution in [-0.2, 0) is 73.6 Å². The number of rotatable bonds is 30. The second-order valence-electron chi connectivity index (χ2n) is 20.5. The fourth-order valence-corrected chi connectivity index (χ4v) is 8.51. The van der Waals surface area contributed by atoms with Gasteiger partial charge in [-0.25, -0.2) is 25.2 Å². The molecule has 7 unspecified atom stereocenters. The van der Waals surface area contributed by atoms with Crippen LogP contribution in [0.5, 0.6) is 5.75 Å². The minimum absolute atomic E-state index is 0.00861. The molecule has 12 N–H and O–H groups in total. The number of benzene rings is 4. The summed E-state index contributed by atoms with van der Waals surface area (Å²) in [6.07, 6.45) is 0.154. The molecule has 4 aromatic carbocycles. The van der Waals surface area contributed by atoms with E-state index in [1.807, 2.05) is 6.92 Å². The van der Waals surface area contributed by atoms with E-state index >= 15 is 0 Å². The van der Waals surface area contributed by atoms with Crippen LogP contribution in [0.25, 0.3) is 10.9 Å². The predicted molar refractivity (Wildman–Crippen MR) is 299 cm³/mol. The van der Waals surface area contributed by atoms with Crippen LogP contribution >= 0.6 is 0 Å². The molecule has 7 atom stereocenters. The average Bonchev–Trinajstić information content (AvgIpc) is 4.02. The second-order valence-corrected chi connectivity index (χ2v) is 20.5. The van der Waals surface area contributed by atoms with Gasteiger partial charge in [0.2, 0.25) is 35.4 Å². The molecule has 1 heterocycles. The second kappa shape index (κ2) is 30.4. The lowest BCUT2D eigenvalue weighted by atomic mass is 10.0. The lowest BCUT2D eigenvalue weighted by Gasteiger charge is -2.27. The van der Waals surface area contributed by atoms with Gasteiger partial charge in [-0.2, -0.15) is 0 Å². The number of phenols is 1. The summed E-state index contributed by atoms with van der Waals surface area (Å²) in [7, 11) is 0. The Morgan fingerprint density at radius 3 is 1.59 bits per heavy atom. The smallest absolute Gasteiger partial charge is 0.419 e. The van der Waals surface area contributed by atoms with E-state index in [0.29, 0.717) is 46.0 Å². The zero-order chi connectivity index (χ0) is 60.1. The maximum absolute atomic E-state index is 14.4.